The van der Waals surface area contributed by atoms with Gasteiger partial charge in [0, 0.05) is 18.8 Å². The summed E-state index contributed by atoms with van der Waals surface area (Å²) in [5, 5.41) is 0.714. The number of rotatable bonds is 2. The summed E-state index contributed by atoms with van der Waals surface area (Å²) in [7, 11) is 0. The molecule has 1 aromatic heterocycles. The van der Waals surface area contributed by atoms with Crippen LogP contribution in [0.1, 0.15) is 39.0 Å². The fraction of sp³-hybridized carbons (Fsp3) is 0.615. The van der Waals surface area contributed by atoms with Crippen molar-refractivity contribution in [3.63, 3.8) is 0 Å². The Balaban J connectivity index is 2.18. The lowest BCUT2D eigenvalue weighted by molar-refractivity contribution is 0.552. The average Bonchev–Trinajstić information content (AvgIpc) is 2.55. The van der Waals surface area contributed by atoms with E-state index in [4.69, 9.17) is 11.6 Å². The SMILES string of the molecule is CCC1CCCCCN1c1ccc(Cl)cn1. The molecule has 2 rings (SSSR count). The van der Waals surface area contributed by atoms with E-state index >= 15 is 0 Å². The monoisotopic (exact) mass is 238 g/mol. The Kier molecular flexibility index (Phi) is 4.05. The normalized spacial score (nSPS) is 21.9. The molecular formula is C13H19ClN2. The Morgan fingerprint density at radius 2 is 2.25 bits per heavy atom. The van der Waals surface area contributed by atoms with Gasteiger partial charge in [0.25, 0.3) is 0 Å². The molecule has 1 saturated heterocycles. The molecule has 1 unspecified atom stereocenters. The minimum absolute atomic E-state index is 0.649. The Labute approximate surface area is 103 Å². The smallest absolute Gasteiger partial charge is 0.128 e. The van der Waals surface area contributed by atoms with Gasteiger partial charge in [-0.25, -0.2) is 4.98 Å². The molecule has 1 aromatic rings. The van der Waals surface area contributed by atoms with Crippen LogP contribution in [0.2, 0.25) is 5.02 Å². The molecule has 1 fully saturated rings. The van der Waals surface area contributed by atoms with Gasteiger partial charge in [0.2, 0.25) is 0 Å². The van der Waals surface area contributed by atoms with Gasteiger partial charge >= 0.3 is 0 Å². The molecule has 0 spiro atoms. The lowest BCUT2D eigenvalue weighted by atomic mass is 10.1. The number of aromatic nitrogens is 1. The van der Waals surface area contributed by atoms with Crippen LogP contribution in [0.25, 0.3) is 0 Å². The van der Waals surface area contributed by atoms with Crippen LogP contribution in [0.3, 0.4) is 0 Å². The first-order valence-electron chi connectivity index (χ1n) is 6.19. The van der Waals surface area contributed by atoms with Crippen molar-refractivity contribution in [2.24, 2.45) is 0 Å². The number of hydrogen-bond donors (Lipinski definition) is 0. The van der Waals surface area contributed by atoms with E-state index in [1.807, 2.05) is 12.1 Å². The molecule has 16 heavy (non-hydrogen) atoms. The zero-order valence-corrected chi connectivity index (χ0v) is 10.6. The highest BCUT2D eigenvalue weighted by atomic mass is 35.5. The molecule has 0 N–H and O–H groups in total. The third-order valence-electron chi connectivity index (χ3n) is 3.35. The maximum absolute atomic E-state index is 5.87. The highest BCUT2D eigenvalue weighted by Crippen LogP contribution is 2.24. The van der Waals surface area contributed by atoms with Crippen molar-refractivity contribution in [1.82, 2.24) is 4.98 Å². The summed E-state index contributed by atoms with van der Waals surface area (Å²) in [4.78, 5) is 6.88. The first kappa shape index (κ1) is 11.7. The molecule has 1 atom stereocenters. The topological polar surface area (TPSA) is 16.1 Å². The fourth-order valence-corrected chi connectivity index (χ4v) is 2.55. The van der Waals surface area contributed by atoms with E-state index in [2.05, 4.69) is 16.8 Å². The Hall–Kier alpha value is -0.760. The molecule has 2 heterocycles. The maximum atomic E-state index is 5.87. The molecule has 0 aliphatic carbocycles. The summed E-state index contributed by atoms with van der Waals surface area (Å²) in [6.07, 6.45) is 8.21. The maximum Gasteiger partial charge on any atom is 0.128 e. The van der Waals surface area contributed by atoms with E-state index in [9.17, 15) is 0 Å². The molecule has 88 valence electrons. The highest BCUT2D eigenvalue weighted by molar-refractivity contribution is 6.30. The van der Waals surface area contributed by atoms with E-state index in [-0.39, 0.29) is 0 Å². The molecule has 0 amide bonds. The van der Waals surface area contributed by atoms with E-state index in [0.717, 1.165) is 12.4 Å². The van der Waals surface area contributed by atoms with Gasteiger partial charge in [-0.2, -0.15) is 0 Å². The van der Waals surface area contributed by atoms with Gasteiger partial charge in [0.1, 0.15) is 5.82 Å². The third-order valence-corrected chi connectivity index (χ3v) is 3.58. The van der Waals surface area contributed by atoms with Gasteiger partial charge in [0.05, 0.1) is 5.02 Å². The Morgan fingerprint density at radius 1 is 1.38 bits per heavy atom. The second-order valence-electron chi connectivity index (χ2n) is 4.44. The van der Waals surface area contributed by atoms with Crippen molar-refractivity contribution in [3.8, 4) is 0 Å². The van der Waals surface area contributed by atoms with Crippen molar-refractivity contribution in [2.75, 3.05) is 11.4 Å². The second kappa shape index (κ2) is 5.53. The van der Waals surface area contributed by atoms with Gasteiger partial charge in [-0.1, -0.05) is 31.4 Å². The fourth-order valence-electron chi connectivity index (χ4n) is 2.44. The zero-order valence-electron chi connectivity index (χ0n) is 9.82. The van der Waals surface area contributed by atoms with Gasteiger partial charge in [0.15, 0.2) is 0 Å². The second-order valence-corrected chi connectivity index (χ2v) is 4.88. The Morgan fingerprint density at radius 3 is 2.94 bits per heavy atom. The first-order valence-corrected chi connectivity index (χ1v) is 6.57. The predicted octanol–water partition coefficient (Wildman–Crippen LogP) is 3.89. The van der Waals surface area contributed by atoms with Gasteiger partial charge in [-0.15, -0.1) is 0 Å². The largest absolute Gasteiger partial charge is 0.354 e. The van der Waals surface area contributed by atoms with Crippen LogP contribution in [-0.4, -0.2) is 17.6 Å². The average molecular weight is 239 g/mol. The summed E-state index contributed by atoms with van der Waals surface area (Å²) in [5.74, 6) is 1.08. The predicted molar refractivity (Wildman–Crippen MR) is 69.1 cm³/mol. The van der Waals surface area contributed by atoms with Gasteiger partial charge < -0.3 is 4.90 Å². The van der Waals surface area contributed by atoms with Crippen LogP contribution in [-0.2, 0) is 0 Å². The first-order chi connectivity index (χ1) is 7.81. The van der Waals surface area contributed by atoms with E-state index in [1.165, 1.54) is 32.1 Å². The molecule has 1 aliphatic rings. The highest BCUT2D eigenvalue weighted by Gasteiger charge is 2.20. The van der Waals surface area contributed by atoms with E-state index in [0.29, 0.717) is 11.1 Å². The van der Waals surface area contributed by atoms with E-state index < -0.39 is 0 Å². The van der Waals surface area contributed by atoms with Crippen LogP contribution in [0.4, 0.5) is 5.82 Å². The molecule has 0 aromatic carbocycles. The van der Waals surface area contributed by atoms with Crippen molar-refractivity contribution >= 4 is 17.4 Å². The summed E-state index contributed by atoms with van der Waals surface area (Å²) in [6.45, 7) is 3.39. The van der Waals surface area contributed by atoms with Crippen LogP contribution in [0, 0.1) is 0 Å². The molecule has 1 aliphatic heterocycles. The standard InChI is InChI=1S/C13H19ClN2/c1-2-12-6-4-3-5-9-16(12)13-8-7-11(14)10-15-13/h7-8,10,12H,2-6,9H2,1H3. The summed E-state index contributed by atoms with van der Waals surface area (Å²) in [6, 6.07) is 4.62. The van der Waals surface area contributed by atoms with E-state index in [1.54, 1.807) is 6.20 Å². The van der Waals surface area contributed by atoms with Gasteiger partial charge in [-0.05, 0) is 31.4 Å². The molecule has 0 radical (unpaired) electrons. The lowest BCUT2D eigenvalue weighted by Gasteiger charge is -2.30. The summed E-state index contributed by atoms with van der Waals surface area (Å²) in [5.41, 5.74) is 0. The number of anilines is 1. The molecule has 3 heteroatoms. The minimum atomic E-state index is 0.649. The Bertz CT molecular complexity index is 323. The molecule has 2 nitrogen and oxygen atoms in total. The van der Waals surface area contributed by atoms with Crippen LogP contribution in [0.15, 0.2) is 18.3 Å². The zero-order chi connectivity index (χ0) is 11.4. The van der Waals surface area contributed by atoms with Crippen LogP contribution in [0.5, 0.6) is 0 Å². The van der Waals surface area contributed by atoms with Crippen molar-refractivity contribution in [3.05, 3.63) is 23.4 Å². The van der Waals surface area contributed by atoms with Crippen molar-refractivity contribution < 1.29 is 0 Å². The van der Waals surface area contributed by atoms with Crippen LogP contribution >= 0.6 is 11.6 Å². The van der Waals surface area contributed by atoms with Crippen molar-refractivity contribution in [2.45, 2.75) is 45.1 Å². The number of hydrogen-bond acceptors (Lipinski definition) is 2. The third kappa shape index (κ3) is 2.67. The molecule has 0 saturated carbocycles. The molecule has 0 bridgehead atoms. The lowest BCUT2D eigenvalue weighted by Crippen LogP contribution is -2.34. The number of halogens is 1. The summed E-state index contributed by atoms with van der Waals surface area (Å²) >= 11 is 5.87. The minimum Gasteiger partial charge on any atom is -0.354 e. The van der Waals surface area contributed by atoms with Crippen molar-refractivity contribution in [1.29, 1.82) is 0 Å². The van der Waals surface area contributed by atoms with Crippen LogP contribution < -0.4 is 4.90 Å². The summed E-state index contributed by atoms with van der Waals surface area (Å²) < 4.78 is 0. The molecular weight excluding hydrogens is 220 g/mol. The number of pyridine rings is 1. The number of nitrogens with zero attached hydrogens (tertiary/aromatic N) is 2. The van der Waals surface area contributed by atoms with Gasteiger partial charge in [-0.3, -0.25) is 0 Å². The quantitative estimate of drug-likeness (QED) is 0.777.